The van der Waals surface area contributed by atoms with E-state index in [2.05, 4.69) is 11.4 Å². The van der Waals surface area contributed by atoms with E-state index < -0.39 is 11.9 Å². The largest absolute Gasteiger partial charge is 0.481 e. The minimum Gasteiger partial charge on any atom is -0.481 e. The van der Waals surface area contributed by atoms with Crippen LogP contribution in [-0.2, 0) is 4.79 Å². The van der Waals surface area contributed by atoms with Crippen LogP contribution in [0.5, 0.6) is 0 Å². The lowest BCUT2D eigenvalue weighted by molar-refractivity contribution is -0.141. The normalized spacial score (nSPS) is 21.6. The van der Waals surface area contributed by atoms with Crippen molar-refractivity contribution in [2.24, 2.45) is 5.92 Å². The summed E-state index contributed by atoms with van der Waals surface area (Å²) in [6, 6.07) is 7.72. The summed E-state index contributed by atoms with van der Waals surface area (Å²) in [5.74, 6) is -1.05. The third-order valence-corrected chi connectivity index (χ3v) is 4.34. The molecule has 0 aromatic heterocycles. The van der Waals surface area contributed by atoms with E-state index in [9.17, 15) is 9.59 Å². The van der Waals surface area contributed by atoms with Crippen molar-refractivity contribution in [1.29, 1.82) is 0 Å². The number of amides is 2. The first kappa shape index (κ1) is 16.6. The highest BCUT2D eigenvalue weighted by Crippen LogP contribution is 2.37. The highest BCUT2D eigenvalue weighted by molar-refractivity contribution is 6.30. The Kier molecular flexibility index (Phi) is 5.29. The number of carboxylic acid groups (broad SMARTS) is 1. The average Bonchev–Trinajstić information content (AvgIpc) is 2.41. The van der Waals surface area contributed by atoms with Gasteiger partial charge in [-0.2, -0.15) is 0 Å². The van der Waals surface area contributed by atoms with E-state index in [-0.39, 0.29) is 18.6 Å². The zero-order chi connectivity index (χ0) is 16.3. The molecule has 2 N–H and O–H groups in total. The number of urea groups is 1. The minimum atomic E-state index is -0.899. The molecule has 1 saturated carbocycles. The van der Waals surface area contributed by atoms with Crippen LogP contribution in [0.1, 0.15) is 31.2 Å². The number of aliphatic carboxylic acids is 1. The standard InChI is InChI=1S/C16H21ClN2O3/c1-10(15(20)21)9-19(2)16(22)18-14-7-12(8-14)11-4-3-5-13(17)6-11/h3-6,10,12,14H,7-9H2,1-2H3,(H,18,22)(H,20,21). The zero-order valence-electron chi connectivity index (χ0n) is 12.8. The molecule has 1 aromatic carbocycles. The Balaban J connectivity index is 1.77. The van der Waals surface area contributed by atoms with Crippen LogP contribution >= 0.6 is 11.6 Å². The highest BCUT2D eigenvalue weighted by Gasteiger charge is 2.32. The van der Waals surface area contributed by atoms with Gasteiger partial charge in [-0.1, -0.05) is 30.7 Å². The number of nitrogens with zero attached hydrogens (tertiary/aromatic N) is 1. The van der Waals surface area contributed by atoms with Crippen LogP contribution in [0.25, 0.3) is 0 Å². The molecule has 5 nitrogen and oxygen atoms in total. The Labute approximate surface area is 135 Å². The van der Waals surface area contributed by atoms with Gasteiger partial charge in [-0.3, -0.25) is 4.79 Å². The number of carbonyl (C=O) groups excluding carboxylic acids is 1. The molecule has 0 saturated heterocycles. The van der Waals surface area contributed by atoms with Crippen LogP contribution < -0.4 is 5.32 Å². The summed E-state index contributed by atoms with van der Waals surface area (Å²) < 4.78 is 0. The van der Waals surface area contributed by atoms with Crippen molar-refractivity contribution in [3.63, 3.8) is 0 Å². The first-order valence-electron chi connectivity index (χ1n) is 7.36. The number of benzene rings is 1. The number of carboxylic acids is 1. The number of rotatable bonds is 5. The average molecular weight is 325 g/mol. The van der Waals surface area contributed by atoms with Crippen molar-refractivity contribution in [3.05, 3.63) is 34.9 Å². The van der Waals surface area contributed by atoms with E-state index in [0.29, 0.717) is 5.92 Å². The molecule has 1 aliphatic rings. The fourth-order valence-corrected chi connectivity index (χ4v) is 2.82. The Hall–Kier alpha value is -1.75. The van der Waals surface area contributed by atoms with Gasteiger partial charge in [0.2, 0.25) is 0 Å². The molecule has 1 unspecified atom stereocenters. The second kappa shape index (κ2) is 7.01. The first-order chi connectivity index (χ1) is 10.4. The Morgan fingerprint density at radius 1 is 1.45 bits per heavy atom. The topological polar surface area (TPSA) is 69.6 Å². The lowest BCUT2D eigenvalue weighted by Crippen LogP contribution is -2.49. The second-order valence-corrected chi connectivity index (χ2v) is 6.43. The molecule has 120 valence electrons. The van der Waals surface area contributed by atoms with E-state index in [1.165, 1.54) is 10.5 Å². The molecule has 0 spiro atoms. The van der Waals surface area contributed by atoms with Crippen LogP contribution in [0, 0.1) is 5.92 Å². The molecule has 1 aromatic rings. The number of halogens is 1. The number of hydrogen-bond acceptors (Lipinski definition) is 2. The minimum absolute atomic E-state index is 0.138. The van der Waals surface area contributed by atoms with Crippen LogP contribution in [-0.4, -0.2) is 41.6 Å². The van der Waals surface area contributed by atoms with Crippen LogP contribution in [0.2, 0.25) is 5.02 Å². The van der Waals surface area contributed by atoms with Crippen LogP contribution in [0.15, 0.2) is 24.3 Å². The summed E-state index contributed by atoms with van der Waals surface area (Å²) in [5.41, 5.74) is 1.20. The van der Waals surface area contributed by atoms with E-state index in [4.69, 9.17) is 16.7 Å². The van der Waals surface area contributed by atoms with Gasteiger partial charge in [-0.15, -0.1) is 0 Å². The second-order valence-electron chi connectivity index (χ2n) is 5.99. The zero-order valence-corrected chi connectivity index (χ0v) is 13.5. The molecule has 2 rings (SSSR count). The van der Waals surface area contributed by atoms with Gasteiger partial charge in [0.1, 0.15) is 0 Å². The van der Waals surface area contributed by atoms with Gasteiger partial charge in [-0.25, -0.2) is 4.79 Å². The smallest absolute Gasteiger partial charge is 0.317 e. The van der Waals surface area contributed by atoms with E-state index in [1.54, 1.807) is 14.0 Å². The summed E-state index contributed by atoms with van der Waals surface area (Å²) in [7, 11) is 1.61. The quantitative estimate of drug-likeness (QED) is 0.875. The number of carbonyl (C=O) groups is 2. The monoisotopic (exact) mass is 324 g/mol. The van der Waals surface area contributed by atoms with Gasteiger partial charge in [-0.05, 0) is 36.5 Å². The molecular formula is C16H21ClN2O3. The summed E-state index contributed by atoms with van der Waals surface area (Å²) in [6.07, 6.45) is 1.77. The maximum absolute atomic E-state index is 12.0. The molecular weight excluding hydrogens is 304 g/mol. The SMILES string of the molecule is CC(CN(C)C(=O)NC1CC(c2cccc(Cl)c2)C1)C(=O)O. The molecule has 0 aliphatic heterocycles. The molecule has 2 amide bonds. The first-order valence-corrected chi connectivity index (χ1v) is 7.74. The lowest BCUT2D eigenvalue weighted by Gasteiger charge is -2.37. The van der Waals surface area contributed by atoms with Crippen molar-refractivity contribution in [3.8, 4) is 0 Å². The maximum Gasteiger partial charge on any atom is 0.317 e. The molecule has 1 atom stereocenters. The molecule has 0 bridgehead atoms. The van der Waals surface area contributed by atoms with Crippen LogP contribution in [0.4, 0.5) is 4.79 Å². The fourth-order valence-electron chi connectivity index (χ4n) is 2.63. The summed E-state index contributed by atoms with van der Waals surface area (Å²) in [6.45, 7) is 1.79. The van der Waals surface area contributed by atoms with Crippen molar-refractivity contribution in [2.75, 3.05) is 13.6 Å². The molecule has 0 radical (unpaired) electrons. The van der Waals surface area contributed by atoms with Crippen molar-refractivity contribution < 1.29 is 14.7 Å². The molecule has 22 heavy (non-hydrogen) atoms. The Morgan fingerprint density at radius 3 is 2.73 bits per heavy atom. The van der Waals surface area contributed by atoms with E-state index in [1.807, 2.05) is 18.2 Å². The lowest BCUT2D eigenvalue weighted by atomic mass is 9.76. The molecule has 6 heteroatoms. The Bertz CT molecular complexity index is 558. The fraction of sp³-hybridized carbons (Fsp3) is 0.500. The third-order valence-electron chi connectivity index (χ3n) is 4.10. The molecule has 1 aliphatic carbocycles. The number of nitrogens with one attached hydrogen (secondary N) is 1. The van der Waals surface area contributed by atoms with E-state index >= 15 is 0 Å². The third kappa shape index (κ3) is 4.13. The number of hydrogen-bond donors (Lipinski definition) is 2. The van der Waals surface area contributed by atoms with E-state index in [0.717, 1.165) is 17.9 Å². The summed E-state index contributed by atoms with van der Waals surface area (Å²) in [5, 5.41) is 12.5. The predicted molar refractivity (Wildman–Crippen MR) is 85.2 cm³/mol. The Morgan fingerprint density at radius 2 is 2.14 bits per heavy atom. The van der Waals surface area contributed by atoms with Gasteiger partial charge in [0.15, 0.2) is 0 Å². The van der Waals surface area contributed by atoms with Gasteiger partial charge in [0.05, 0.1) is 5.92 Å². The van der Waals surface area contributed by atoms with Crippen molar-refractivity contribution in [2.45, 2.75) is 31.7 Å². The van der Waals surface area contributed by atoms with Gasteiger partial charge < -0.3 is 15.3 Å². The summed E-state index contributed by atoms with van der Waals surface area (Å²) in [4.78, 5) is 24.2. The van der Waals surface area contributed by atoms with Gasteiger partial charge in [0, 0.05) is 24.7 Å². The van der Waals surface area contributed by atoms with Crippen molar-refractivity contribution >= 4 is 23.6 Å². The molecule has 0 heterocycles. The maximum atomic E-state index is 12.0. The van der Waals surface area contributed by atoms with Crippen LogP contribution in [0.3, 0.4) is 0 Å². The van der Waals surface area contributed by atoms with Gasteiger partial charge in [0.25, 0.3) is 0 Å². The van der Waals surface area contributed by atoms with Crippen molar-refractivity contribution in [1.82, 2.24) is 10.2 Å². The molecule has 1 fully saturated rings. The van der Waals surface area contributed by atoms with Gasteiger partial charge >= 0.3 is 12.0 Å². The predicted octanol–water partition coefficient (Wildman–Crippen LogP) is 2.95. The summed E-state index contributed by atoms with van der Waals surface area (Å²) >= 11 is 5.98. The highest BCUT2D eigenvalue weighted by atomic mass is 35.5.